The monoisotopic (exact) mass is 297 g/mol. The second-order valence-electron chi connectivity index (χ2n) is 5.44. The van der Waals surface area contributed by atoms with Crippen LogP contribution >= 0.6 is 11.3 Å². The molecule has 0 radical (unpaired) electrons. The Morgan fingerprint density at radius 1 is 1.40 bits per heavy atom. The van der Waals surface area contributed by atoms with E-state index in [4.69, 9.17) is 4.74 Å². The molecule has 0 amide bonds. The number of thiazole rings is 1. The summed E-state index contributed by atoms with van der Waals surface area (Å²) in [5.74, 6) is -0.779. The molecule has 1 heterocycles. The smallest absolute Gasteiger partial charge is 0.356 e. The highest BCUT2D eigenvalue weighted by molar-refractivity contribution is 7.14. The molecule has 1 aromatic rings. The van der Waals surface area contributed by atoms with Crippen LogP contribution in [-0.4, -0.2) is 29.0 Å². The summed E-state index contributed by atoms with van der Waals surface area (Å²) < 4.78 is 5.68. The summed E-state index contributed by atoms with van der Waals surface area (Å²) in [6.45, 7) is 3.57. The first-order chi connectivity index (χ1) is 9.39. The molecule has 0 saturated heterocycles. The second kappa shape index (κ2) is 5.61. The van der Waals surface area contributed by atoms with Crippen LogP contribution in [0.25, 0.3) is 0 Å². The van der Waals surface area contributed by atoms with E-state index in [0.29, 0.717) is 10.9 Å². The van der Waals surface area contributed by atoms with Gasteiger partial charge < -0.3 is 9.84 Å². The van der Waals surface area contributed by atoms with E-state index in [1.807, 2.05) is 0 Å². The van der Waals surface area contributed by atoms with Gasteiger partial charge in [-0.25, -0.2) is 9.78 Å². The normalized spacial score (nSPS) is 26.4. The van der Waals surface area contributed by atoms with Gasteiger partial charge in [-0.3, -0.25) is 4.79 Å². The fourth-order valence-corrected chi connectivity index (χ4v) is 3.81. The number of hydrogen-bond donors (Lipinski definition) is 1. The number of carbonyl (C=O) groups is 2. The lowest BCUT2D eigenvalue weighted by Gasteiger charge is -2.36. The lowest BCUT2D eigenvalue weighted by molar-refractivity contribution is -0.0531. The molecule has 1 aliphatic rings. The van der Waals surface area contributed by atoms with E-state index in [-0.39, 0.29) is 16.4 Å². The van der Waals surface area contributed by atoms with Gasteiger partial charge in [0.2, 0.25) is 0 Å². The number of rotatable bonds is 4. The van der Waals surface area contributed by atoms with Crippen molar-refractivity contribution in [2.45, 2.75) is 45.1 Å². The fraction of sp³-hybridized carbons (Fsp3) is 0.643. The molecule has 1 fully saturated rings. The van der Waals surface area contributed by atoms with Gasteiger partial charge in [0.05, 0.1) is 0 Å². The highest BCUT2D eigenvalue weighted by Gasteiger charge is 2.40. The van der Waals surface area contributed by atoms with Crippen LogP contribution in [-0.2, 0) is 10.3 Å². The molecule has 0 atom stereocenters. The average Bonchev–Trinajstić information content (AvgIpc) is 2.86. The minimum Gasteiger partial charge on any atom is -0.476 e. The van der Waals surface area contributed by atoms with Gasteiger partial charge in [0, 0.05) is 14.0 Å². The Bertz CT molecular complexity index is 498. The van der Waals surface area contributed by atoms with Crippen LogP contribution < -0.4 is 0 Å². The Kier molecular flexibility index (Phi) is 4.25. The van der Waals surface area contributed by atoms with Crippen LogP contribution in [0.4, 0.5) is 0 Å². The van der Waals surface area contributed by atoms with Crippen LogP contribution in [0.3, 0.4) is 0 Å². The van der Waals surface area contributed by atoms with Crippen molar-refractivity contribution >= 4 is 23.1 Å². The first-order valence-electron chi connectivity index (χ1n) is 6.70. The summed E-state index contributed by atoms with van der Waals surface area (Å²) in [6, 6.07) is 0. The van der Waals surface area contributed by atoms with Crippen molar-refractivity contribution in [2.24, 2.45) is 5.92 Å². The summed E-state index contributed by atoms with van der Waals surface area (Å²) in [5, 5.41) is 9.80. The molecule has 1 aliphatic carbocycles. The first kappa shape index (κ1) is 15.1. The van der Waals surface area contributed by atoms with Gasteiger partial charge in [0.1, 0.15) is 15.5 Å². The molecular formula is C14H19NO4S. The number of ketones is 1. The van der Waals surface area contributed by atoms with Crippen LogP contribution in [0.2, 0.25) is 0 Å². The molecule has 0 spiro atoms. The molecular weight excluding hydrogens is 278 g/mol. The van der Waals surface area contributed by atoms with Crippen molar-refractivity contribution in [2.75, 3.05) is 7.11 Å². The van der Waals surface area contributed by atoms with Gasteiger partial charge in [-0.15, -0.1) is 11.3 Å². The number of hydrogen-bond acceptors (Lipinski definition) is 5. The standard InChI is InChI=1S/C14H19NO4S/c1-8-4-6-14(19-3,7-5-8)13-15-10(12(17)18)11(20-13)9(2)16/h8H,4-7H2,1-3H3,(H,17,18). The summed E-state index contributed by atoms with van der Waals surface area (Å²) in [5.41, 5.74) is -0.678. The van der Waals surface area contributed by atoms with E-state index in [1.165, 1.54) is 6.92 Å². The zero-order chi connectivity index (χ0) is 14.9. The number of aromatic nitrogens is 1. The minimum absolute atomic E-state index is 0.146. The topological polar surface area (TPSA) is 76.5 Å². The second-order valence-corrected chi connectivity index (χ2v) is 6.44. The third-order valence-electron chi connectivity index (χ3n) is 4.01. The maximum Gasteiger partial charge on any atom is 0.356 e. The van der Waals surface area contributed by atoms with Crippen LogP contribution in [0, 0.1) is 5.92 Å². The van der Waals surface area contributed by atoms with E-state index in [0.717, 1.165) is 37.0 Å². The zero-order valence-electron chi connectivity index (χ0n) is 11.9. The van der Waals surface area contributed by atoms with Gasteiger partial charge in [0.15, 0.2) is 11.5 Å². The van der Waals surface area contributed by atoms with Crippen molar-refractivity contribution in [3.8, 4) is 0 Å². The number of carbonyl (C=O) groups excluding carboxylic acids is 1. The van der Waals surface area contributed by atoms with E-state index in [2.05, 4.69) is 11.9 Å². The zero-order valence-corrected chi connectivity index (χ0v) is 12.7. The highest BCUT2D eigenvalue weighted by Crippen LogP contribution is 2.44. The van der Waals surface area contributed by atoms with Gasteiger partial charge in [0.25, 0.3) is 0 Å². The largest absolute Gasteiger partial charge is 0.476 e. The fourth-order valence-electron chi connectivity index (χ4n) is 2.63. The van der Waals surface area contributed by atoms with E-state index >= 15 is 0 Å². The minimum atomic E-state index is -1.16. The van der Waals surface area contributed by atoms with Gasteiger partial charge in [-0.1, -0.05) is 6.92 Å². The van der Waals surface area contributed by atoms with Crippen molar-refractivity contribution in [1.29, 1.82) is 0 Å². The Morgan fingerprint density at radius 3 is 2.40 bits per heavy atom. The number of aromatic carboxylic acids is 1. The third kappa shape index (κ3) is 2.62. The maximum atomic E-state index is 11.6. The Morgan fingerprint density at radius 2 is 2.00 bits per heavy atom. The molecule has 1 saturated carbocycles. The summed E-state index contributed by atoms with van der Waals surface area (Å²) in [7, 11) is 1.63. The predicted molar refractivity (Wildman–Crippen MR) is 75.4 cm³/mol. The lowest BCUT2D eigenvalue weighted by atomic mass is 9.80. The van der Waals surface area contributed by atoms with Crippen LogP contribution in [0.15, 0.2) is 0 Å². The number of Topliss-reactive ketones (excluding diaryl/α,β-unsaturated/α-hetero) is 1. The number of ether oxygens (including phenoxy) is 1. The SMILES string of the molecule is COC1(c2nc(C(=O)O)c(C(C)=O)s2)CCC(C)CC1. The molecule has 6 heteroatoms. The molecule has 5 nitrogen and oxygen atoms in total. The lowest BCUT2D eigenvalue weighted by Crippen LogP contribution is -2.33. The van der Waals surface area contributed by atoms with E-state index < -0.39 is 11.6 Å². The van der Waals surface area contributed by atoms with Crippen molar-refractivity contribution in [1.82, 2.24) is 4.98 Å². The Hall–Kier alpha value is -1.27. The molecule has 0 aromatic carbocycles. The van der Waals surface area contributed by atoms with Crippen molar-refractivity contribution < 1.29 is 19.4 Å². The molecule has 1 N–H and O–H groups in total. The van der Waals surface area contributed by atoms with Crippen LogP contribution in [0.1, 0.15) is 64.7 Å². The van der Waals surface area contributed by atoms with Gasteiger partial charge in [-0.05, 0) is 31.6 Å². The third-order valence-corrected chi connectivity index (χ3v) is 5.35. The van der Waals surface area contributed by atoms with E-state index in [1.54, 1.807) is 7.11 Å². The van der Waals surface area contributed by atoms with Crippen LogP contribution in [0.5, 0.6) is 0 Å². The molecule has 0 unspecified atom stereocenters. The van der Waals surface area contributed by atoms with Crippen molar-refractivity contribution in [3.63, 3.8) is 0 Å². The molecule has 0 aliphatic heterocycles. The number of methoxy groups -OCH3 is 1. The molecule has 110 valence electrons. The number of carboxylic acid groups (broad SMARTS) is 1. The highest BCUT2D eigenvalue weighted by atomic mass is 32.1. The van der Waals surface area contributed by atoms with E-state index in [9.17, 15) is 14.7 Å². The first-order valence-corrected chi connectivity index (χ1v) is 7.52. The summed E-state index contributed by atoms with van der Waals surface area (Å²) in [4.78, 5) is 27.2. The number of nitrogens with zero attached hydrogens (tertiary/aromatic N) is 1. The quantitative estimate of drug-likeness (QED) is 0.864. The maximum absolute atomic E-state index is 11.6. The molecule has 1 aromatic heterocycles. The molecule has 0 bridgehead atoms. The Labute approximate surface area is 122 Å². The Balaban J connectivity index is 2.43. The van der Waals surface area contributed by atoms with Crippen molar-refractivity contribution in [3.05, 3.63) is 15.6 Å². The average molecular weight is 297 g/mol. The molecule has 2 rings (SSSR count). The summed E-state index contributed by atoms with van der Waals surface area (Å²) >= 11 is 1.16. The number of carboxylic acids is 1. The summed E-state index contributed by atoms with van der Waals surface area (Å²) in [6.07, 6.45) is 3.67. The van der Waals surface area contributed by atoms with Gasteiger partial charge >= 0.3 is 5.97 Å². The predicted octanol–water partition coefficient (Wildman–Crippen LogP) is 3.10. The van der Waals surface area contributed by atoms with Gasteiger partial charge in [-0.2, -0.15) is 0 Å². The molecule has 20 heavy (non-hydrogen) atoms.